The van der Waals surface area contributed by atoms with Crippen molar-refractivity contribution in [1.82, 2.24) is 4.90 Å². The molecule has 1 aromatic rings. The summed E-state index contributed by atoms with van der Waals surface area (Å²) in [6.07, 6.45) is 5.43. The average Bonchev–Trinajstić information content (AvgIpc) is 2.37. The zero-order valence-electron chi connectivity index (χ0n) is 11.2. The third-order valence-electron chi connectivity index (χ3n) is 3.87. The molecule has 1 aliphatic rings. The summed E-state index contributed by atoms with van der Waals surface area (Å²) in [5, 5.41) is 0. The van der Waals surface area contributed by atoms with Crippen LogP contribution in [0.2, 0.25) is 0 Å². The van der Waals surface area contributed by atoms with E-state index < -0.39 is 0 Å². The number of hydrogen-bond donors (Lipinski definition) is 1. The number of nitrogen functional groups attached to an aromatic ring is 1. The van der Waals surface area contributed by atoms with Crippen LogP contribution in [0.3, 0.4) is 0 Å². The van der Waals surface area contributed by atoms with Gasteiger partial charge in [0.2, 0.25) is 0 Å². The lowest BCUT2D eigenvalue weighted by atomic mass is 9.92. The van der Waals surface area contributed by atoms with Gasteiger partial charge in [-0.15, -0.1) is 0 Å². The zero-order chi connectivity index (χ0) is 13.0. The Morgan fingerprint density at radius 1 is 1.33 bits per heavy atom. The van der Waals surface area contributed by atoms with Gasteiger partial charge in [0, 0.05) is 16.7 Å². The second kappa shape index (κ2) is 6.58. The molecule has 1 saturated heterocycles. The molecule has 100 valence electrons. The molecule has 0 aromatic heterocycles. The van der Waals surface area contributed by atoms with Gasteiger partial charge in [-0.05, 0) is 55.6 Å². The first-order valence-corrected chi connectivity index (χ1v) is 7.74. The number of halogens is 1. The van der Waals surface area contributed by atoms with Crippen LogP contribution >= 0.6 is 15.9 Å². The summed E-state index contributed by atoms with van der Waals surface area (Å²) in [6.45, 7) is 5.76. The minimum Gasteiger partial charge on any atom is -0.399 e. The highest BCUT2D eigenvalue weighted by Gasteiger charge is 2.18. The van der Waals surface area contributed by atoms with Crippen molar-refractivity contribution in [3.05, 3.63) is 28.2 Å². The Kier molecular flexibility index (Phi) is 5.07. The van der Waals surface area contributed by atoms with E-state index in [1.807, 2.05) is 6.07 Å². The summed E-state index contributed by atoms with van der Waals surface area (Å²) in [4.78, 5) is 2.55. The smallest absolute Gasteiger partial charge is 0.0318 e. The molecule has 18 heavy (non-hydrogen) atoms. The first-order valence-electron chi connectivity index (χ1n) is 6.95. The van der Waals surface area contributed by atoms with Gasteiger partial charge in [0.1, 0.15) is 0 Å². The lowest BCUT2D eigenvalue weighted by Gasteiger charge is -2.32. The predicted molar refractivity (Wildman–Crippen MR) is 81.5 cm³/mol. The van der Waals surface area contributed by atoms with Crippen LogP contribution in [0, 0.1) is 5.92 Å². The van der Waals surface area contributed by atoms with E-state index in [9.17, 15) is 0 Å². The predicted octanol–water partition coefficient (Wildman–Crippen LogP) is 4.04. The van der Waals surface area contributed by atoms with Crippen molar-refractivity contribution in [2.45, 2.75) is 39.2 Å². The molecule has 1 fully saturated rings. The molecule has 0 spiro atoms. The molecule has 1 aliphatic heterocycles. The first kappa shape index (κ1) is 13.9. The van der Waals surface area contributed by atoms with E-state index in [1.165, 1.54) is 48.8 Å². The Balaban J connectivity index is 1.89. The van der Waals surface area contributed by atoms with Crippen LogP contribution < -0.4 is 5.73 Å². The van der Waals surface area contributed by atoms with Crippen LogP contribution in [-0.2, 0) is 6.54 Å². The second-order valence-electron chi connectivity index (χ2n) is 5.36. The largest absolute Gasteiger partial charge is 0.399 e. The summed E-state index contributed by atoms with van der Waals surface area (Å²) in [5.74, 6) is 0.954. The SMILES string of the molecule is CCCC1CCN(Cc2cc(N)ccc2Br)CC1. The standard InChI is InChI=1S/C15H23BrN2/c1-2-3-12-6-8-18(9-7-12)11-13-10-14(17)4-5-15(13)16/h4-5,10,12H,2-3,6-9,11,17H2,1H3. The van der Waals surface area contributed by atoms with E-state index >= 15 is 0 Å². The molecule has 2 N–H and O–H groups in total. The molecule has 2 nitrogen and oxygen atoms in total. The quantitative estimate of drug-likeness (QED) is 0.850. The fraction of sp³-hybridized carbons (Fsp3) is 0.600. The molecule has 0 amide bonds. The number of hydrogen-bond acceptors (Lipinski definition) is 2. The Morgan fingerprint density at radius 3 is 2.72 bits per heavy atom. The Hall–Kier alpha value is -0.540. The third kappa shape index (κ3) is 3.72. The summed E-state index contributed by atoms with van der Waals surface area (Å²) >= 11 is 3.61. The Labute approximate surface area is 119 Å². The fourth-order valence-electron chi connectivity index (χ4n) is 2.80. The van der Waals surface area contributed by atoms with Crippen LogP contribution in [0.15, 0.2) is 22.7 Å². The van der Waals surface area contributed by atoms with Gasteiger partial charge in [-0.2, -0.15) is 0 Å². The number of benzene rings is 1. The van der Waals surface area contributed by atoms with Gasteiger partial charge in [0.05, 0.1) is 0 Å². The van der Waals surface area contributed by atoms with Gasteiger partial charge >= 0.3 is 0 Å². The molecular weight excluding hydrogens is 288 g/mol. The van der Waals surface area contributed by atoms with Gasteiger partial charge in [0.25, 0.3) is 0 Å². The number of likely N-dealkylation sites (tertiary alicyclic amines) is 1. The molecular formula is C15H23BrN2. The van der Waals surface area contributed by atoms with Gasteiger partial charge in [-0.3, -0.25) is 4.90 Å². The molecule has 0 radical (unpaired) electrons. The summed E-state index contributed by atoms with van der Waals surface area (Å²) in [7, 11) is 0. The van der Waals surface area contributed by atoms with Gasteiger partial charge in [-0.1, -0.05) is 35.7 Å². The zero-order valence-corrected chi connectivity index (χ0v) is 12.7. The Morgan fingerprint density at radius 2 is 2.06 bits per heavy atom. The molecule has 0 aliphatic carbocycles. The van der Waals surface area contributed by atoms with E-state index in [1.54, 1.807) is 0 Å². The van der Waals surface area contributed by atoms with Gasteiger partial charge < -0.3 is 5.73 Å². The van der Waals surface area contributed by atoms with Crippen molar-refractivity contribution < 1.29 is 0 Å². The summed E-state index contributed by atoms with van der Waals surface area (Å²) in [5.41, 5.74) is 8.02. The Bertz CT molecular complexity index is 384. The topological polar surface area (TPSA) is 29.3 Å². The van der Waals surface area contributed by atoms with Gasteiger partial charge in [-0.25, -0.2) is 0 Å². The van der Waals surface area contributed by atoms with Crippen molar-refractivity contribution in [3.8, 4) is 0 Å². The number of rotatable bonds is 4. The number of anilines is 1. The monoisotopic (exact) mass is 310 g/mol. The third-order valence-corrected chi connectivity index (χ3v) is 4.64. The molecule has 0 atom stereocenters. The normalized spacial score (nSPS) is 18.1. The molecule has 1 heterocycles. The highest BCUT2D eigenvalue weighted by atomic mass is 79.9. The molecule has 0 saturated carbocycles. The number of nitrogens with two attached hydrogens (primary N) is 1. The van der Waals surface area contributed by atoms with Crippen LogP contribution in [0.5, 0.6) is 0 Å². The minimum atomic E-state index is 0.856. The first-order chi connectivity index (χ1) is 8.69. The second-order valence-corrected chi connectivity index (χ2v) is 6.21. The average molecular weight is 311 g/mol. The summed E-state index contributed by atoms with van der Waals surface area (Å²) < 4.78 is 1.17. The lowest BCUT2D eigenvalue weighted by molar-refractivity contribution is 0.171. The van der Waals surface area contributed by atoms with Crippen LogP contribution in [0.25, 0.3) is 0 Å². The minimum absolute atomic E-state index is 0.856. The molecule has 0 bridgehead atoms. The van der Waals surface area contributed by atoms with E-state index in [0.29, 0.717) is 0 Å². The van der Waals surface area contributed by atoms with Crippen molar-refractivity contribution in [2.75, 3.05) is 18.8 Å². The van der Waals surface area contributed by atoms with Crippen molar-refractivity contribution in [1.29, 1.82) is 0 Å². The maximum atomic E-state index is 5.85. The lowest BCUT2D eigenvalue weighted by Crippen LogP contribution is -2.33. The van der Waals surface area contributed by atoms with Crippen LogP contribution in [0.4, 0.5) is 5.69 Å². The van der Waals surface area contributed by atoms with Crippen LogP contribution in [0.1, 0.15) is 38.2 Å². The van der Waals surface area contributed by atoms with E-state index in [2.05, 4.69) is 39.9 Å². The highest BCUT2D eigenvalue weighted by molar-refractivity contribution is 9.10. The molecule has 3 heteroatoms. The van der Waals surface area contributed by atoms with Gasteiger partial charge in [0.15, 0.2) is 0 Å². The van der Waals surface area contributed by atoms with E-state index in [-0.39, 0.29) is 0 Å². The number of piperidine rings is 1. The van der Waals surface area contributed by atoms with Crippen LogP contribution in [-0.4, -0.2) is 18.0 Å². The summed E-state index contributed by atoms with van der Waals surface area (Å²) in [6, 6.07) is 6.08. The maximum absolute atomic E-state index is 5.85. The molecule has 1 aromatic carbocycles. The molecule has 0 unspecified atom stereocenters. The number of nitrogens with zero attached hydrogens (tertiary/aromatic N) is 1. The van der Waals surface area contributed by atoms with Crippen molar-refractivity contribution in [3.63, 3.8) is 0 Å². The maximum Gasteiger partial charge on any atom is 0.0318 e. The van der Waals surface area contributed by atoms with E-state index in [0.717, 1.165) is 18.2 Å². The van der Waals surface area contributed by atoms with Crippen molar-refractivity contribution >= 4 is 21.6 Å². The fourth-order valence-corrected chi connectivity index (χ4v) is 3.17. The van der Waals surface area contributed by atoms with Crippen molar-refractivity contribution in [2.24, 2.45) is 5.92 Å². The highest BCUT2D eigenvalue weighted by Crippen LogP contribution is 2.25. The molecule has 2 rings (SSSR count). The van der Waals surface area contributed by atoms with E-state index in [4.69, 9.17) is 5.73 Å².